The average Bonchev–Trinajstić information content (AvgIpc) is 2.79. The van der Waals surface area contributed by atoms with Gasteiger partial charge in [-0.1, -0.05) is 25.1 Å². The van der Waals surface area contributed by atoms with Crippen LogP contribution in [0.5, 0.6) is 0 Å². The van der Waals surface area contributed by atoms with Gasteiger partial charge in [0.2, 0.25) is 0 Å². The van der Waals surface area contributed by atoms with E-state index >= 15 is 0 Å². The van der Waals surface area contributed by atoms with Crippen LogP contribution in [0.1, 0.15) is 26.2 Å². The molecule has 0 aromatic carbocycles. The molecule has 0 radical (unpaired) electrons. The van der Waals surface area contributed by atoms with Gasteiger partial charge in [0.05, 0.1) is 6.54 Å². The minimum absolute atomic E-state index is 0.687. The van der Waals surface area contributed by atoms with Crippen molar-refractivity contribution in [1.82, 2.24) is 5.32 Å². The summed E-state index contributed by atoms with van der Waals surface area (Å²) in [6.07, 6.45) is 3.89. The van der Waals surface area contributed by atoms with Gasteiger partial charge in [-0.2, -0.15) is 11.8 Å². The summed E-state index contributed by atoms with van der Waals surface area (Å²) in [4.78, 5) is 4.56. The SMILES string of the molecule is CCCC1CN=C(NC2CCSC2)S1. The lowest BCUT2D eigenvalue weighted by Crippen LogP contribution is -2.32. The van der Waals surface area contributed by atoms with E-state index in [9.17, 15) is 0 Å². The Morgan fingerprint density at radius 1 is 1.57 bits per heavy atom. The van der Waals surface area contributed by atoms with Crippen LogP contribution < -0.4 is 5.32 Å². The second kappa shape index (κ2) is 5.31. The van der Waals surface area contributed by atoms with Crippen molar-refractivity contribution in [2.75, 3.05) is 18.1 Å². The van der Waals surface area contributed by atoms with E-state index in [1.807, 2.05) is 23.5 Å². The van der Waals surface area contributed by atoms with Crippen LogP contribution in [0.15, 0.2) is 4.99 Å². The number of amidine groups is 1. The molecule has 2 aliphatic rings. The van der Waals surface area contributed by atoms with Gasteiger partial charge in [-0.3, -0.25) is 4.99 Å². The van der Waals surface area contributed by atoms with E-state index in [2.05, 4.69) is 17.2 Å². The molecule has 1 saturated heterocycles. The number of rotatable bonds is 3. The minimum Gasteiger partial charge on any atom is -0.361 e. The predicted octanol–water partition coefficient (Wildman–Crippen LogP) is 2.35. The zero-order chi connectivity index (χ0) is 9.80. The molecule has 0 aromatic rings. The van der Waals surface area contributed by atoms with Crippen LogP contribution in [0.3, 0.4) is 0 Å². The highest BCUT2D eigenvalue weighted by Gasteiger charge is 2.22. The molecule has 2 rings (SSSR count). The molecule has 2 aliphatic heterocycles. The van der Waals surface area contributed by atoms with E-state index in [0.717, 1.165) is 11.8 Å². The summed E-state index contributed by atoms with van der Waals surface area (Å²) in [7, 11) is 0. The molecule has 0 aliphatic carbocycles. The molecular weight excluding hydrogens is 212 g/mol. The largest absolute Gasteiger partial charge is 0.361 e. The zero-order valence-corrected chi connectivity index (χ0v) is 10.3. The molecule has 0 spiro atoms. The van der Waals surface area contributed by atoms with Gasteiger partial charge < -0.3 is 5.32 Å². The van der Waals surface area contributed by atoms with Crippen LogP contribution in [-0.2, 0) is 0 Å². The van der Waals surface area contributed by atoms with Crippen LogP contribution in [0, 0.1) is 0 Å². The first kappa shape index (κ1) is 10.7. The molecule has 0 saturated carbocycles. The zero-order valence-electron chi connectivity index (χ0n) is 8.66. The summed E-state index contributed by atoms with van der Waals surface area (Å²) in [6, 6.07) is 0.687. The molecule has 4 heteroatoms. The van der Waals surface area contributed by atoms with Gasteiger partial charge in [0.1, 0.15) is 0 Å². The van der Waals surface area contributed by atoms with E-state index < -0.39 is 0 Å². The molecule has 14 heavy (non-hydrogen) atoms. The highest BCUT2D eigenvalue weighted by Crippen LogP contribution is 2.25. The van der Waals surface area contributed by atoms with Crippen molar-refractivity contribution in [1.29, 1.82) is 0 Å². The van der Waals surface area contributed by atoms with Gasteiger partial charge in [0.15, 0.2) is 5.17 Å². The Morgan fingerprint density at radius 2 is 2.50 bits per heavy atom. The molecule has 1 N–H and O–H groups in total. The third-order valence-corrected chi connectivity index (χ3v) is 4.94. The highest BCUT2D eigenvalue weighted by atomic mass is 32.2. The summed E-state index contributed by atoms with van der Waals surface area (Å²) in [5.74, 6) is 2.58. The first-order valence-electron chi connectivity index (χ1n) is 5.44. The fourth-order valence-electron chi connectivity index (χ4n) is 1.79. The number of nitrogens with zero attached hydrogens (tertiary/aromatic N) is 1. The lowest BCUT2D eigenvalue weighted by Gasteiger charge is -2.12. The lowest BCUT2D eigenvalue weighted by atomic mass is 10.2. The Labute approximate surface area is 94.7 Å². The van der Waals surface area contributed by atoms with Gasteiger partial charge in [-0.15, -0.1) is 0 Å². The van der Waals surface area contributed by atoms with Crippen molar-refractivity contribution in [2.24, 2.45) is 4.99 Å². The van der Waals surface area contributed by atoms with E-state index in [0.29, 0.717) is 6.04 Å². The fourth-order valence-corrected chi connectivity index (χ4v) is 4.15. The first-order valence-corrected chi connectivity index (χ1v) is 7.47. The van der Waals surface area contributed by atoms with Crippen LogP contribution in [-0.4, -0.2) is 34.5 Å². The third-order valence-electron chi connectivity index (χ3n) is 2.58. The molecular formula is C10H18N2S2. The summed E-state index contributed by atoms with van der Waals surface area (Å²) in [5, 5.41) is 5.51. The van der Waals surface area contributed by atoms with Crippen LogP contribution in [0.25, 0.3) is 0 Å². The van der Waals surface area contributed by atoms with E-state index in [-0.39, 0.29) is 0 Å². The number of thioether (sulfide) groups is 2. The molecule has 0 aromatic heterocycles. The summed E-state index contributed by atoms with van der Waals surface area (Å²) >= 11 is 4.00. The van der Waals surface area contributed by atoms with Crippen molar-refractivity contribution < 1.29 is 0 Å². The molecule has 2 heterocycles. The molecule has 1 fully saturated rings. The summed E-state index contributed by atoms with van der Waals surface area (Å²) < 4.78 is 0. The van der Waals surface area contributed by atoms with Gasteiger partial charge in [0, 0.05) is 17.0 Å². The van der Waals surface area contributed by atoms with Crippen molar-refractivity contribution in [3.05, 3.63) is 0 Å². The van der Waals surface area contributed by atoms with Gasteiger partial charge in [-0.25, -0.2) is 0 Å². The van der Waals surface area contributed by atoms with E-state index in [4.69, 9.17) is 0 Å². The second-order valence-electron chi connectivity index (χ2n) is 3.88. The van der Waals surface area contributed by atoms with Gasteiger partial charge in [-0.05, 0) is 18.6 Å². The maximum Gasteiger partial charge on any atom is 0.157 e. The quantitative estimate of drug-likeness (QED) is 0.805. The van der Waals surface area contributed by atoms with E-state index in [1.165, 1.54) is 35.9 Å². The molecule has 2 atom stereocenters. The van der Waals surface area contributed by atoms with Gasteiger partial charge >= 0.3 is 0 Å². The topological polar surface area (TPSA) is 24.4 Å². The summed E-state index contributed by atoms with van der Waals surface area (Å²) in [6.45, 7) is 3.28. The number of aliphatic imine (C=N–C) groups is 1. The average molecular weight is 230 g/mol. The standard InChI is InChI=1S/C10H18N2S2/c1-2-3-9-6-11-10(14-9)12-8-4-5-13-7-8/h8-9H,2-7H2,1H3,(H,11,12). The maximum atomic E-state index is 4.56. The first-order chi connectivity index (χ1) is 6.88. The Hall–Kier alpha value is 0.170. The lowest BCUT2D eigenvalue weighted by molar-refractivity contribution is 0.682. The van der Waals surface area contributed by atoms with Crippen molar-refractivity contribution in [3.8, 4) is 0 Å². The van der Waals surface area contributed by atoms with Crippen molar-refractivity contribution in [3.63, 3.8) is 0 Å². The van der Waals surface area contributed by atoms with Crippen LogP contribution in [0.4, 0.5) is 0 Å². The van der Waals surface area contributed by atoms with Crippen molar-refractivity contribution in [2.45, 2.75) is 37.5 Å². The highest BCUT2D eigenvalue weighted by molar-refractivity contribution is 8.14. The number of hydrogen-bond acceptors (Lipinski definition) is 4. The predicted molar refractivity (Wildman–Crippen MR) is 67.5 cm³/mol. The minimum atomic E-state index is 0.687. The summed E-state index contributed by atoms with van der Waals surface area (Å²) in [5.41, 5.74) is 0. The van der Waals surface area contributed by atoms with Crippen LogP contribution in [0.2, 0.25) is 0 Å². The van der Waals surface area contributed by atoms with Crippen LogP contribution >= 0.6 is 23.5 Å². The number of nitrogens with one attached hydrogen (secondary N) is 1. The Kier molecular flexibility index (Phi) is 4.05. The third kappa shape index (κ3) is 2.83. The van der Waals surface area contributed by atoms with E-state index in [1.54, 1.807) is 0 Å². The normalized spacial score (nSPS) is 31.9. The van der Waals surface area contributed by atoms with Gasteiger partial charge in [0.25, 0.3) is 0 Å². The maximum absolute atomic E-state index is 4.56. The molecule has 80 valence electrons. The Morgan fingerprint density at radius 3 is 3.21 bits per heavy atom. The number of hydrogen-bond donors (Lipinski definition) is 1. The molecule has 2 nitrogen and oxygen atoms in total. The molecule has 0 amide bonds. The fraction of sp³-hybridized carbons (Fsp3) is 0.900. The Bertz CT molecular complexity index is 212. The monoisotopic (exact) mass is 230 g/mol. The molecule has 0 bridgehead atoms. The second-order valence-corrected chi connectivity index (χ2v) is 6.32. The smallest absolute Gasteiger partial charge is 0.157 e. The van der Waals surface area contributed by atoms with Crippen molar-refractivity contribution >= 4 is 28.7 Å². The molecule has 2 unspecified atom stereocenters. The Balaban J connectivity index is 1.72.